The lowest BCUT2D eigenvalue weighted by Gasteiger charge is -2.09. The van der Waals surface area contributed by atoms with Crippen molar-refractivity contribution < 1.29 is 22.4 Å². The minimum Gasteiger partial charge on any atom is -0.317 e. The Kier molecular flexibility index (Phi) is 4.08. The molecule has 1 amide bonds. The average Bonchev–Trinajstić information content (AvgIpc) is 2.32. The molecule has 2 aromatic carbocycles. The second-order valence-corrected chi connectivity index (χ2v) is 4.71. The highest BCUT2D eigenvalue weighted by Gasteiger charge is 2.21. The zero-order valence-electron chi connectivity index (χ0n) is 9.68. The fraction of sp³-hybridized carbons (Fsp3) is 0. The smallest absolute Gasteiger partial charge is 0.261 e. The van der Waals surface area contributed by atoms with Crippen molar-refractivity contribution >= 4 is 27.5 Å². The van der Waals surface area contributed by atoms with Crippen molar-refractivity contribution in [2.24, 2.45) is 0 Å². The minimum atomic E-state index is -1.28. The molecule has 0 radical (unpaired) electrons. The number of halogens is 5. The van der Waals surface area contributed by atoms with Gasteiger partial charge in [0.1, 0.15) is 34.5 Å². The quantitative estimate of drug-likeness (QED) is 0.808. The Balaban J connectivity index is 2.39. The first-order valence-corrected chi connectivity index (χ1v) is 6.09. The molecule has 2 aromatic rings. The molecule has 20 heavy (non-hydrogen) atoms. The summed E-state index contributed by atoms with van der Waals surface area (Å²) in [6, 6.07) is 4.66. The summed E-state index contributed by atoms with van der Waals surface area (Å²) in [6.45, 7) is 0. The monoisotopic (exact) mass is 347 g/mol. The number of carbonyl (C=O) groups is 1. The van der Waals surface area contributed by atoms with Crippen molar-refractivity contribution in [3.8, 4) is 0 Å². The van der Waals surface area contributed by atoms with Crippen LogP contribution in [0, 0.1) is 23.3 Å². The molecule has 0 aromatic heterocycles. The van der Waals surface area contributed by atoms with Crippen LogP contribution in [0.1, 0.15) is 10.4 Å². The number of carbonyl (C=O) groups excluding carboxylic acids is 1. The van der Waals surface area contributed by atoms with Gasteiger partial charge in [0.15, 0.2) is 0 Å². The zero-order valence-corrected chi connectivity index (χ0v) is 11.3. The van der Waals surface area contributed by atoms with E-state index in [1.54, 1.807) is 0 Å². The van der Waals surface area contributed by atoms with Crippen molar-refractivity contribution in [1.29, 1.82) is 0 Å². The van der Waals surface area contributed by atoms with E-state index in [1.807, 2.05) is 5.32 Å². The first-order chi connectivity index (χ1) is 9.40. The van der Waals surface area contributed by atoms with Gasteiger partial charge < -0.3 is 5.32 Å². The predicted octanol–water partition coefficient (Wildman–Crippen LogP) is 4.26. The number of hydrogen-bond donors (Lipinski definition) is 1. The van der Waals surface area contributed by atoms with Crippen LogP contribution in [0.15, 0.2) is 34.8 Å². The van der Waals surface area contributed by atoms with Crippen molar-refractivity contribution in [3.63, 3.8) is 0 Å². The van der Waals surface area contributed by atoms with Crippen LogP contribution in [0.5, 0.6) is 0 Å². The summed E-state index contributed by atoms with van der Waals surface area (Å²) in [7, 11) is 0. The number of nitrogens with one attached hydrogen (secondary N) is 1. The van der Waals surface area contributed by atoms with E-state index >= 15 is 0 Å². The SMILES string of the molecule is O=C(Nc1c(F)cccc1F)c1c(F)cc(Br)cc1F. The van der Waals surface area contributed by atoms with Gasteiger partial charge in [-0.05, 0) is 24.3 Å². The van der Waals surface area contributed by atoms with Crippen molar-refractivity contribution in [1.82, 2.24) is 0 Å². The first-order valence-electron chi connectivity index (χ1n) is 5.30. The Labute approximate surface area is 119 Å². The summed E-state index contributed by atoms with van der Waals surface area (Å²) >= 11 is 2.85. The third-order valence-corrected chi connectivity index (χ3v) is 2.89. The normalized spacial score (nSPS) is 10.4. The molecular formula is C13H6BrF4NO. The largest absolute Gasteiger partial charge is 0.317 e. The van der Waals surface area contributed by atoms with E-state index in [0.717, 1.165) is 30.3 Å². The van der Waals surface area contributed by atoms with Crippen molar-refractivity contribution in [3.05, 3.63) is 63.6 Å². The van der Waals surface area contributed by atoms with E-state index in [2.05, 4.69) is 15.9 Å². The second-order valence-electron chi connectivity index (χ2n) is 3.80. The predicted molar refractivity (Wildman–Crippen MR) is 68.4 cm³/mol. The molecule has 0 aliphatic rings. The Morgan fingerprint density at radius 1 is 0.950 bits per heavy atom. The van der Waals surface area contributed by atoms with Crippen LogP contribution in [0.3, 0.4) is 0 Å². The zero-order chi connectivity index (χ0) is 14.9. The molecule has 7 heteroatoms. The lowest BCUT2D eigenvalue weighted by atomic mass is 10.1. The summed E-state index contributed by atoms with van der Waals surface area (Å²) in [4.78, 5) is 11.7. The maximum atomic E-state index is 13.5. The van der Waals surface area contributed by atoms with Gasteiger partial charge in [-0.1, -0.05) is 22.0 Å². The van der Waals surface area contributed by atoms with Gasteiger partial charge in [-0.2, -0.15) is 0 Å². The number of hydrogen-bond acceptors (Lipinski definition) is 1. The summed E-state index contributed by atoms with van der Waals surface area (Å²) in [5, 5.41) is 1.81. The van der Waals surface area contributed by atoms with Gasteiger partial charge >= 0.3 is 0 Å². The molecule has 0 aliphatic heterocycles. The van der Waals surface area contributed by atoms with Crippen molar-refractivity contribution in [2.45, 2.75) is 0 Å². The maximum absolute atomic E-state index is 13.5. The first kappa shape index (κ1) is 14.5. The van der Waals surface area contributed by atoms with Crippen LogP contribution < -0.4 is 5.32 Å². The van der Waals surface area contributed by atoms with E-state index in [4.69, 9.17) is 0 Å². The van der Waals surface area contributed by atoms with Gasteiger partial charge in [0.2, 0.25) is 0 Å². The average molecular weight is 348 g/mol. The molecule has 0 atom stereocenters. The van der Waals surface area contributed by atoms with Gasteiger partial charge in [0, 0.05) is 4.47 Å². The summed E-state index contributed by atoms with van der Waals surface area (Å²) < 4.78 is 53.9. The highest BCUT2D eigenvalue weighted by Crippen LogP contribution is 2.23. The second kappa shape index (κ2) is 5.62. The molecule has 0 heterocycles. The molecule has 0 saturated carbocycles. The molecule has 0 unspecified atom stereocenters. The number of benzene rings is 2. The van der Waals surface area contributed by atoms with E-state index in [1.165, 1.54) is 0 Å². The van der Waals surface area contributed by atoms with E-state index in [-0.39, 0.29) is 4.47 Å². The molecular weight excluding hydrogens is 342 g/mol. The fourth-order valence-electron chi connectivity index (χ4n) is 1.55. The summed E-state index contributed by atoms with van der Waals surface area (Å²) in [6.07, 6.45) is 0. The lowest BCUT2D eigenvalue weighted by Crippen LogP contribution is -2.17. The van der Waals surface area contributed by atoms with E-state index < -0.39 is 40.4 Å². The van der Waals surface area contributed by atoms with E-state index in [0.29, 0.717) is 0 Å². The van der Waals surface area contributed by atoms with Crippen LogP contribution in [-0.2, 0) is 0 Å². The third kappa shape index (κ3) is 2.82. The maximum Gasteiger partial charge on any atom is 0.261 e. The number of rotatable bonds is 2. The molecule has 2 nitrogen and oxygen atoms in total. The van der Waals surface area contributed by atoms with Crippen LogP contribution >= 0.6 is 15.9 Å². The van der Waals surface area contributed by atoms with E-state index in [9.17, 15) is 22.4 Å². The van der Waals surface area contributed by atoms with Gasteiger partial charge in [0.25, 0.3) is 5.91 Å². The third-order valence-electron chi connectivity index (χ3n) is 2.44. The molecule has 2 rings (SSSR count). The molecule has 1 N–H and O–H groups in total. The van der Waals surface area contributed by atoms with Crippen LogP contribution in [0.4, 0.5) is 23.2 Å². The molecule has 0 spiro atoms. The van der Waals surface area contributed by atoms with Gasteiger partial charge in [-0.25, -0.2) is 17.6 Å². The Morgan fingerprint density at radius 2 is 1.45 bits per heavy atom. The molecule has 0 saturated heterocycles. The van der Waals surface area contributed by atoms with Gasteiger partial charge in [-0.15, -0.1) is 0 Å². The topological polar surface area (TPSA) is 29.1 Å². The van der Waals surface area contributed by atoms with Crippen LogP contribution in [-0.4, -0.2) is 5.91 Å². The van der Waals surface area contributed by atoms with Gasteiger partial charge in [0.05, 0.1) is 0 Å². The highest BCUT2D eigenvalue weighted by molar-refractivity contribution is 9.10. The molecule has 104 valence electrons. The Hall–Kier alpha value is -1.89. The minimum absolute atomic E-state index is 0.0983. The number of para-hydroxylation sites is 1. The van der Waals surface area contributed by atoms with Crippen LogP contribution in [0.2, 0.25) is 0 Å². The summed E-state index contributed by atoms with van der Waals surface area (Å²) in [5.74, 6) is -5.67. The number of anilines is 1. The lowest BCUT2D eigenvalue weighted by molar-refractivity contribution is 0.101. The fourth-order valence-corrected chi connectivity index (χ4v) is 1.95. The molecule has 0 aliphatic carbocycles. The standard InChI is InChI=1S/C13H6BrF4NO/c14-6-4-9(17)11(10(18)5-6)13(20)19-12-7(15)2-1-3-8(12)16/h1-5H,(H,19,20). The highest BCUT2D eigenvalue weighted by atomic mass is 79.9. The molecule has 0 fully saturated rings. The van der Waals surface area contributed by atoms with Gasteiger partial charge in [-0.3, -0.25) is 4.79 Å². The Morgan fingerprint density at radius 3 is 1.95 bits per heavy atom. The molecule has 0 bridgehead atoms. The van der Waals surface area contributed by atoms with Crippen molar-refractivity contribution in [2.75, 3.05) is 5.32 Å². The van der Waals surface area contributed by atoms with Crippen LogP contribution in [0.25, 0.3) is 0 Å². The number of amides is 1. The summed E-state index contributed by atoms with van der Waals surface area (Å²) in [5.41, 5.74) is -1.69. The Bertz CT molecular complexity index is 647.